The molecule has 2 N–H and O–H groups in total. The summed E-state index contributed by atoms with van der Waals surface area (Å²) in [5.41, 5.74) is 4.07. The molecule has 0 aliphatic rings. The summed E-state index contributed by atoms with van der Waals surface area (Å²) in [5, 5.41) is 11.2. The van der Waals surface area contributed by atoms with Crippen LogP contribution in [-0.2, 0) is 6.61 Å². The minimum absolute atomic E-state index is 0.153. The number of aromatic nitrogens is 3. The molecule has 0 spiro atoms. The molecule has 0 fully saturated rings. The third-order valence-electron chi connectivity index (χ3n) is 3.45. The number of rotatable bonds is 7. The molecule has 0 saturated carbocycles. The van der Waals surface area contributed by atoms with E-state index >= 15 is 0 Å². The summed E-state index contributed by atoms with van der Waals surface area (Å²) >= 11 is 3.41. The second-order valence-corrected chi connectivity index (χ2v) is 6.29. The van der Waals surface area contributed by atoms with E-state index in [0.29, 0.717) is 18.1 Å². The Morgan fingerprint density at radius 3 is 2.78 bits per heavy atom. The van der Waals surface area contributed by atoms with Crippen molar-refractivity contribution in [3.8, 4) is 11.5 Å². The molecule has 9 heteroatoms. The average Bonchev–Trinajstić information content (AvgIpc) is 2.68. The van der Waals surface area contributed by atoms with Crippen molar-refractivity contribution in [1.29, 1.82) is 0 Å². The van der Waals surface area contributed by atoms with E-state index < -0.39 is 0 Å². The molecule has 0 saturated heterocycles. The Balaban J connectivity index is 1.65. The molecule has 1 heterocycles. The van der Waals surface area contributed by atoms with Gasteiger partial charge in [0.2, 0.25) is 5.95 Å². The van der Waals surface area contributed by atoms with E-state index in [1.807, 2.05) is 36.4 Å². The Morgan fingerprint density at radius 1 is 1.22 bits per heavy atom. The molecule has 0 aliphatic heterocycles. The van der Waals surface area contributed by atoms with Crippen molar-refractivity contribution in [2.24, 2.45) is 5.10 Å². The second-order valence-electron chi connectivity index (χ2n) is 5.38. The van der Waals surface area contributed by atoms with Gasteiger partial charge >= 0.3 is 0 Å². The number of anilines is 1. The maximum Gasteiger partial charge on any atom is 0.271 e. The van der Waals surface area contributed by atoms with Crippen LogP contribution >= 0.6 is 15.9 Å². The number of hydrazone groups is 1. The summed E-state index contributed by atoms with van der Waals surface area (Å²) < 4.78 is 12.2. The fourth-order valence-corrected chi connectivity index (χ4v) is 2.42. The lowest BCUT2D eigenvalue weighted by molar-refractivity contribution is 0.284. The molecule has 0 amide bonds. The van der Waals surface area contributed by atoms with Gasteiger partial charge < -0.3 is 9.47 Å². The molecule has 1 aromatic heterocycles. The Kier molecular flexibility index (Phi) is 6.16. The maximum atomic E-state index is 11.1. The number of hydrogen-bond acceptors (Lipinski definition) is 7. The molecule has 3 rings (SSSR count). The molecular weight excluding hydrogens is 414 g/mol. The zero-order valence-corrected chi connectivity index (χ0v) is 15.9. The fourth-order valence-electron chi connectivity index (χ4n) is 2.16. The smallest absolute Gasteiger partial charge is 0.271 e. The summed E-state index contributed by atoms with van der Waals surface area (Å²) in [6.45, 7) is 0.429. The summed E-state index contributed by atoms with van der Waals surface area (Å²) in [6.07, 6.45) is 2.64. The highest BCUT2D eigenvalue weighted by atomic mass is 79.9. The third-order valence-corrected chi connectivity index (χ3v) is 3.98. The van der Waals surface area contributed by atoms with Gasteiger partial charge in [-0.25, -0.2) is 5.43 Å². The van der Waals surface area contributed by atoms with Crippen LogP contribution in [0.5, 0.6) is 11.5 Å². The molecule has 0 radical (unpaired) electrons. The van der Waals surface area contributed by atoms with E-state index in [0.717, 1.165) is 21.8 Å². The highest BCUT2D eigenvalue weighted by molar-refractivity contribution is 9.10. The van der Waals surface area contributed by atoms with Crippen molar-refractivity contribution in [3.63, 3.8) is 0 Å². The van der Waals surface area contributed by atoms with Crippen LogP contribution in [0.25, 0.3) is 0 Å². The fraction of sp³-hybridized carbons (Fsp3) is 0.111. The first-order valence-corrected chi connectivity index (χ1v) is 8.70. The van der Waals surface area contributed by atoms with Crippen LogP contribution in [0.4, 0.5) is 5.95 Å². The van der Waals surface area contributed by atoms with Crippen molar-refractivity contribution in [2.45, 2.75) is 6.61 Å². The predicted octanol–water partition coefficient (Wildman–Crippen LogP) is 2.96. The second kappa shape index (κ2) is 8.95. The standard InChI is InChI=1S/C18H16BrN5O3/c1-26-16-8-13(9-20-23-18-22-17(25)10-21-24-18)4-7-15(16)27-11-12-2-5-14(19)6-3-12/h2-10H,11H2,1H3,(H2,22,23,24,25)/b20-9+. The third kappa shape index (κ3) is 5.38. The van der Waals surface area contributed by atoms with Gasteiger partial charge in [0.1, 0.15) is 12.8 Å². The first-order valence-electron chi connectivity index (χ1n) is 7.90. The molecular formula is C18H16BrN5O3. The van der Waals surface area contributed by atoms with Gasteiger partial charge in [0.05, 0.1) is 13.3 Å². The van der Waals surface area contributed by atoms with Gasteiger partial charge in [-0.1, -0.05) is 28.1 Å². The number of halogens is 1. The number of methoxy groups -OCH3 is 1. The van der Waals surface area contributed by atoms with Gasteiger partial charge in [-0.2, -0.15) is 5.10 Å². The normalized spacial score (nSPS) is 10.7. The van der Waals surface area contributed by atoms with Crippen molar-refractivity contribution < 1.29 is 9.47 Å². The number of benzene rings is 2. The van der Waals surface area contributed by atoms with Crippen molar-refractivity contribution in [2.75, 3.05) is 12.5 Å². The molecule has 0 atom stereocenters. The Bertz CT molecular complexity index is 989. The number of aromatic amines is 1. The molecule has 2 aromatic carbocycles. The van der Waals surface area contributed by atoms with Crippen LogP contribution in [0.15, 0.2) is 63.0 Å². The number of ether oxygens (including phenoxy) is 2. The lowest BCUT2D eigenvalue weighted by Gasteiger charge is -2.11. The Morgan fingerprint density at radius 2 is 2.04 bits per heavy atom. The van der Waals surface area contributed by atoms with Crippen LogP contribution in [0, 0.1) is 0 Å². The van der Waals surface area contributed by atoms with E-state index in [4.69, 9.17) is 9.47 Å². The summed E-state index contributed by atoms with van der Waals surface area (Å²) in [4.78, 5) is 13.6. The number of nitrogens with zero attached hydrogens (tertiary/aromatic N) is 3. The highest BCUT2D eigenvalue weighted by Gasteiger charge is 2.06. The quantitative estimate of drug-likeness (QED) is 0.442. The van der Waals surface area contributed by atoms with E-state index in [-0.39, 0.29) is 11.5 Å². The topological polar surface area (TPSA) is 101 Å². The van der Waals surface area contributed by atoms with Crippen LogP contribution in [-0.4, -0.2) is 28.5 Å². The Labute approximate surface area is 163 Å². The van der Waals surface area contributed by atoms with Gasteiger partial charge in [0, 0.05) is 4.47 Å². The van der Waals surface area contributed by atoms with Crippen LogP contribution in [0.3, 0.4) is 0 Å². The van der Waals surface area contributed by atoms with Gasteiger partial charge in [-0.3, -0.25) is 9.78 Å². The van der Waals surface area contributed by atoms with Crippen LogP contribution in [0.1, 0.15) is 11.1 Å². The summed E-state index contributed by atoms with van der Waals surface area (Å²) in [5.74, 6) is 1.37. The number of nitrogens with one attached hydrogen (secondary N) is 2. The first kappa shape index (κ1) is 18.6. The lowest BCUT2D eigenvalue weighted by atomic mass is 10.2. The molecule has 0 aliphatic carbocycles. The van der Waals surface area contributed by atoms with E-state index in [9.17, 15) is 4.79 Å². The first-order chi connectivity index (χ1) is 13.1. The zero-order valence-electron chi connectivity index (χ0n) is 14.3. The molecule has 0 unspecified atom stereocenters. The molecule has 27 heavy (non-hydrogen) atoms. The van der Waals surface area contributed by atoms with Gasteiger partial charge in [-0.15, -0.1) is 10.2 Å². The summed E-state index contributed by atoms with van der Waals surface area (Å²) in [6, 6.07) is 13.3. The zero-order chi connectivity index (χ0) is 19.1. The van der Waals surface area contributed by atoms with E-state index in [1.165, 1.54) is 0 Å². The molecule has 8 nitrogen and oxygen atoms in total. The van der Waals surface area contributed by atoms with Crippen molar-refractivity contribution >= 4 is 28.1 Å². The minimum Gasteiger partial charge on any atom is -0.493 e. The van der Waals surface area contributed by atoms with Gasteiger partial charge in [0.15, 0.2) is 11.5 Å². The summed E-state index contributed by atoms with van der Waals surface area (Å²) in [7, 11) is 1.57. The van der Waals surface area contributed by atoms with E-state index in [2.05, 4.69) is 41.6 Å². The average molecular weight is 430 g/mol. The van der Waals surface area contributed by atoms with Crippen LogP contribution < -0.4 is 20.5 Å². The highest BCUT2D eigenvalue weighted by Crippen LogP contribution is 2.28. The van der Waals surface area contributed by atoms with E-state index in [1.54, 1.807) is 19.4 Å². The maximum absolute atomic E-state index is 11.1. The number of hydrogen-bond donors (Lipinski definition) is 2. The van der Waals surface area contributed by atoms with Gasteiger partial charge in [0.25, 0.3) is 5.56 Å². The van der Waals surface area contributed by atoms with Crippen molar-refractivity contribution in [3.05, 3.63) is 74.6 Å². The largest absolute Gasteiger partial charge is 0.493 e. The van der Waals surface area contributed by atoms with Crippen LogP contribution in [0.2, 0.25) is 0 Å². The Hall–Kier alpha value is -3.20. The molecule has 138 valence electrons. The monoisotopic (exact) mass is 429 g/mol. The SMILES string of the molecule is COc1cc(/C=N/Nc2nncc(=O)[nH]2)ccc1OCc1ccc(Br)cc1. The van der Waals surface area contributed by atoms with Crippen molar-refractivity contribution in [1.82, 2.24) is 15.2 Å². The minimum atomic E-state index is -0.364. The molecule has 3 aromatic rings. The lowest BCUT2D eigenvalue weighted by Crippen LogP contribution is -2.10. The predicted molar refractivity (Wildman–Crippen MR) is 105 cm³/mol. The van der Waals surface area contributed by atoms with Gasteiger partial charge in [-0.05, 0) is 41.5 Å². The number of H-pyrrole nitrogens is 1. The molecule has 0 bridgehead atoms.